The first-order valence-electron chi connectivity index (χ1n) is 7.51. The zero-order chi connectivity index (χ0) is 15.4. The van der Waals surface area contributed by atoms with Crippen LogP contribution in [-0.2, 0) is 10.0 Å². The molecule has 21 heavy (non-hydrogen) atoms. The fourth-order valence-electron chi connectivity index (χ4n) is 1.84. The van der Waals surface area contributed by atoms with Crippen LogP contribution in [0.25, 0.3) is 6.08 Å². The van der Waals surface area contributed by atoms with Crippen LogP contribution in [0.4, 0.5) is 0 Å². The van der Waals surface area contributed by atoms with Crippen LogP contribution in [0, 0.1) is 0 Å². The second-order valence-corrected chi connectivity index (χ2v) is 7.68. The van der Waals surface area contributed by atoms with Gasteiger partial charge in [-0.3, -0.25) is 0 Å². The Morgan fingerprint density at radius 1 is 1.05 bits per heavy atom. The van der Waals surface area contributed by atoms with Crippen LogP contribution in [-0.4, -0.2) is 14.2 Å². The Kier molecular flexibility index (Phi) is 9.46. The zero-order valence-corrected chi connectivity index (χ0v) is 14.3. The van der Waals surface area contributed by atoms with Crippen molar-refractivity contribution >= 4 is 28.0 Å². The third-order valence-corrected chi connectivity index (χ3v) is 5.40. The summed E-state index contributed by atoms with van der Waals surface area (Å²) in [5.41, 5.74) is 0.879. The standard InChI is InChI=1S/C16H25NO2S2/c1-2-3-4-5-6-10-14-20-17-21(18,19)15-13-16-11-8-7-9-12-16/h7-9,11-13,15,17H,2-6,10,14H2,1H3. The average Bonchev–Trinajstić information content (AvgIpc) is 2.49. The lowest BCUT2D eigenvalue weighted by Crippen LogP contribution is -2.13. The molecule has 1 rings (SSSR count). The Balaban J connectivity index is 2.17. The molecule has 1 aromatic rings. The van der Waals surface area contributed by atoms with E-state index in [1.165, 1.54) is 49.5 Å². The van der Waals surface area contributed by atoms with Gasteiger partial charge in [0.25, 0.3) is 0 Å². The van der Waals surface area contributed by atoms with Gasteiger partial charge in [-0.05, 0) is 18.1 Å². The van der Waals surface area contributed by atoms with Crippen LogP contribution < -0.4 is 4.13 Å². The highest BCUT2D eigenvalue weighted by atomic mass is 32.3. The molecule has 0 atom stereocenters. The quantitative estimate of drug-likeness (QED) is 0.478. The predicted molar refractivity (Wildman–Crippen MR) is 93.4 cm³/mol. The van der Waals surface area contributed by atoms with Crippen molar-refractivity contribution in [3.8, 4) is 0 Å². The van der Waals surface area contributed by atoms with Crippen molar-refractivity contribution in [1.82, 2.24) is 4.13 Å². The SMILES string of the molecule is CCCCCCCCSNS(=O)(=O)C=Cc1ccccc1. The molecule has 0 aliphatic heterocycles. The molecule has 3 nitrogen and oxygen atoms in total. The largest absolute Gasteiger partial charge is 0.242 e. The van der Waals surface area contributed by atoms with Crippen molar-refractivity contribution in [2.45, 2.75) is 45.4 Å². The third-order valence-electron chi connectivity index (χ3n) is 3.01. The van der Waals surface area contributed by atoms with Gasteiger partial charge in [0.2, 0.25) is 10.0 Å². The first-order valence-corrected chi connectivity index (χ1v) is 10.0. The first-order chi connectivity index (χ1) is 10.1. The van der Waals surface area contributed by atoms with Gasteiger partial charge in [0.15, 0.2) is 0 Å². The van der Waals surface area contributed by atoms with Gasteiger partial charge in [0, 0.05) is 11.2 Å². The van der Waals surface area contributed by atoms with E-state index in [2.05, 4.69) is 11.1 Å². The van der Waals surface area contributed by atoms with Crippen LogP contribution in [0.15, 0.2) is 35.7 Å². The molecule has 0 saturated heterocycles. The highest BCUT2D eigenvalue weighted by molar-refractivity contribution is 8.10. The molecule has 0 unspecified atom stereocenters. The van der Waals surface area contributed by atoms with Crippen molar-refractivity contribution in [2.24, 2.45) is 0 Å². The number of benzene rings is 1. The van der Waals surface area contributed by atoms with Crippen LogP contribution >= 0.6 is 11.9 Å². The molecule has 5 heteroatoms. The van der Waals surface area contributed by atoms with E-state index in [1.807, 2.05) is 30.3 Å². The Hall–Kier alpha value is -0.780. The minimum Gasteiger partial charge on any atom is -0.207 e. The Bertz CT molecular complexity index is 498. The number of unbranched alkanes of at least 4 members (excludes halogenated alkanes) is 5. The molecular weight excluding hydrogens is 302 g/mol. The third kappa shape index (κ3) is 9.72. The molecule has 0 heterocycles. The molecule has 0 spiro atoms. The summed E-state index contributed by atoms with van der Waals surface area (Å²) < 4.78 is 26.1. The molecule has 0 saturated carbocycles. The van der Waals surface area contributed by atoms with Gasteiger partial charge in [-0.1, -0.05) is 81.3 Å². The number of nitrogens with one attached hydrogen (secondary N) is 1. The fourth-order valence-corrected chi connectivity index (χ4v) is 3.74. The highest BCUT2D eigenvalue weighted by Crippen LogP contribution is 2.09. The van der Waals surface area contributed by atoms with E-state index in [0.29, 0.717) is 0 Å². The predicted octanol–water partition coefficient (Wildman–Crippen LogP) is 4.59. The molecule has 0 fully saturated rings. The van der Waals surface area contributed by atoms with Gasteiger partial charge >= 0.3 is 0 Å². The van der Waals surface area contributed by atoms with Crippen molar-refractivity contribution in [3.63, 3.8) is 0 Å². The Morgan fingerprint density at radius 2 is 1.71 bits per heavy atom. The summed E-state index contributed by atoms with van der Waals surface area (Å²) in [4.78, 5) is 0. The molecule has 1 N–H and O–H groups in total. The van der Waals surface area contributed by atoms with Gasteiger partial charge in [0.1, 0.15) is 0 Å². The second kappa shape index (κ2) is 10.9. The molecular formula is C16H25NO2S2. The molecule has 0 bridgehead atoms. The lowest BCUT2D eigenvalue weighted by atomic mass is 10.1. The first kappa shape index (κ1) is 18.3. The summed E-state index contributed by atoms with van der Waals surface area (Å²) in [6, 6.07) is 9.41. The zero-order valence-electron chi connectivity index (χ0n) is 12.6. The highest BCUT2D eigenvalue weighted by Gasteiger charge is 2.04. The molecule has 0 amide bonds. The topological polar surface area (TPSA) is 46.2 Å². The lowest BCUT2D eigenvalue weighted by Gasteiger charge is -2.02. The summed E-state index contributed by atoms with van der Waals surface area (Å²) in [6.07, 6.45) is 8.91. The maximum atomic E-state index is 11.8. The van der Waals surface area contributed by atoms with E-state index >= 15 is 0 Å². The van der Waals surface area contributed by atoms with Gasteiger partial charge in [-0.15, -0.1) is 0 Å². The number of sulfonamides is 1. The molecule has 0 aliphatic rings. The fraction of sp³-hybridized carbons (Fsp3) is 0.500. The van der Waals surface area contributed by atoms with Crippen molar-refractivity contribution in [2.75, 3.05) is 5.75 Å². The second-order valence-electron chi connectivity index (χ2n) is 4.96. The maximum Gasteiger partial charge on any atom is 0.242 e. The van der Waals surface area contributed by atoms with Gasteiger partial charge in [0.05, 0.1) is 0 Å². The monoisotopic (exact) mass is 327 g/mol. The Labute approximate surface area is 133 Å². The number of rotatable bonds is 11. The minimum absolute atomic E-state index is 0.824. The molecule has 118 valence electrons. The van der Waals surface area contributed by atoms with E-state index in [-0.39, 0.29) is 0 Å². The molecule has 0 aliphatic carbocycles. The van der Waals surface area contributed by atoms with E-state index < -0.39 is 10.0 Å². The minimum atomic E-state index is -3.35. The van der Waals surface area contributed by atoms with Gasteiger partial charge in [-0.25, -0.2) is 8.42 Å². The lowest BCUT2D eigenvalue weighted by molar-refractivity contribution is 0.603. The number of hydrogen-bond donors (Lipinski definition) is 1. The maximum absolute atomic E-state index is 11.8. The van der Waals surface area contributed by atoms with Crippen LogP contribution in [0.2, 0.25) is 0 Å². The summed E-state index contributed by atoms with van der Waals surface area (Å²) in [5.74, 6) is 0.824. The number of hydrogen-bond acceptors (Lipinski definition) is 3. The van der Waals surface area contributed by atoms with Gasteiger partial charge in [-0.2, -0.15) is 4.13 Å². The summed E-state index contributed by atoms with van der Waals surface area (Å²) in [7, 11) is -3.35. The summed E-state index contributed by atoms with van der Waals surface area (Å²) >= 11 is 1.27. The summed E-state index contributed by atoms with van der Waals surface area (Å²) in [6.45, 7) is 2.20. The van der Waals surface area contributed by atoms with E-state index in [4.69, 9.17) is 0 Å². The van der Waals surface area contributed by atoms with E-state index in [1.54, 1.807) is 6.08 Å². The summed E-state index contributed by atoms with van der Waals surface area (Å²) in [5, 5.41) is 1.22. The van der Waals surface area contributed by atoms with Crippen molar-refractivity contribution in [1.29, 1.82) is 0 Å². The molecule has 0 aromatic heterocycles. The van der Waals surface area contributed by atoms with Crippen LogP contribution in [0.5, 0.6) is 0 Å². The van der Waals surface area contributed by atoms with E-state index in [0.717, 1.165) is 17.7 Å². The Morgan fingerprint density at radius 3 is 2.43 bits per heavy atom. The van der Waals surface area contributed by atoms with Crippen molar-refractivity contribution in [3.05, 3.63) is 41.3 Å². The van der Waals surface area contributed by atoms with E-state index in [9.17, 15) is 8.42 Å². The normalized spacial score (nSPS) is 12.0. The van der Waals surface area contributed by atoms with Crippen LogP contribution in [0.1, 0.15) is 51.0 Å². The van der Waals surface area contributed by atoms with Gasteiger partial charge < -0.3 is 0 Å². The molecule has 0 radical (unpaired) electrons. The van der Waals surface area contributed by atoms with Crippen LogP contribution in [0.3, 0.4) is 0 Å². The van der Waals surface area contributed by atoms with Crippen molar-refractivity contribution < 1.29 is 8.42 Å². The smallest absolute Gasteiger partial charge is 0.207 e. The average molecular weight is 328 g/mol. The molecule has 1 aromatic carbocycles.